The van der Waals surface area contributed by atoms with E-state index in [0.717, 1.165) is 31.2 Å². The van der Waals surface area contributed by atoms with E-state index in [4.69, 9.17) is 9.47 Å². The zero-order valence-electron chi connectivity index (χ0n) is 10.4. The Labute approximate surface area is 103 Å². The van der Waals surface area contributed by atoms with Gasteiger partial charge in [0.1, 0.15) is 0 Å². The van der Waals surface area contributed by atoms with E-state index in [0.29, 0.717) is 13.2 Å². The normalized spacial score (nSPS) is 9.94. The Bertz CT molecular complexity index is 309. The van der Waals surface area contributed by atoms with Crippen LogP contribution in [0, 0.1) is 0 Å². The van der Waals surface area contributed by atoms with Crippen molar-refractivity contribution in [3.63, 3.8) is 0 Å². The summed E-state index contributed by atoms with van der Waals surface area (Å²) >= 11 is 0. The Morgan fingerprint density at radius 1 is 1.06 bits per heavy atom. The average Bonchev–Trinajstić information content (AvgIpc) is 2.36. The van der Waals surface area contributed by atoms with Crippen LogP contribution in [0.5, 0.6) is 0 Å². The molecule has 0 bridgehead atoms. The molecule has 1 rings (SSSR count). The van der Waals surface area contributed by atoms with Crippen LogP contribution >= 0.6 is 0 Å². The fourth-order valence-electron chi connectivity index (χ4n) is 1.45. The summed E-state index contributed by atoms with van der Waals surface area (Å²) in [6.45, 7) is 2.94. The van der Waals surface area contributed by atoms with Gasteiger partial charge >= 0.3 is 6.16 Å². The van der Waals surface area contributed by atoms with Gasteiger partial charge in [-0.3, -0.25) is 0 Å². The molecule has 1 aromatic carbocycles. The summed E-state index contributed by atoms with van der Waals surface area (Å²) in [5.74, 6) is 0. The molecule has 3 heteroatoms. The number of unbranched alkanes of at least 4 members (excludes halogenated alkanes) is 2. The van der Waals surface area contributed by atoms with Crippen molar-refractivity contribution >= 4 is 6.16 Å². The van der Waals surface area contributed by atoms with Crippen LogP contribution in [0.15, 0.2) is 30.3 Å². The Kier molecular flexibility index (Phi) is 6.87. The van der Waals surface area contributed by atoms with Gasteiger partial charge in [0.2, 0.25) is 0 Å². The molecule has 0 amide bonds. The van der Waals surface area contributed by atoms with Crippen LogP contribution in [-0.4, -0.2) is 19.4 Å². The first-order valence-corrected chi connectivity index (χ1v) is 6.16. The molecule has 1 aromatic rings. The molecule has 0 radical (unpaired) electrons. The topological polar surface area (TPSA) is 35.5 Å². The Morgan fingerprint density at radius 3 is 2.47 bits per heavy atom. The van der Waals surface area contributed by atoms with Gasteiger partial charge in [0, 0.05) is 6.42 Å². The molecule has 0 aliphatic carbocycles. The summed E-state index contributed by atoms with van der Waals surface area (Å²) in [5, 5.41) is 0. The van der Waals surface area contributed by atoms with E-state index >= 15 is 0 Å². The average molecular weight is 236 g/mol. The molecule has 0 N–H and O–H groups in total. The molecule has 0 spiro atoms. The first-order chi connectivity index (χ1) is 8.33. The van der Waals surface area contributed by atoms with Gasteiger partial charge in [-0.2, -0.15) is 0 Å². The first kappa shape index (κ1) is 13.6. The van der Waals surface area contributed by atoms with E-state index in [1.807, 2.05) is 30.3 Å². The zero-order valence-corrected chi connectivity index (χ0v) is 10.4. The molecule has 0 unspecified atom stereocenters. The smallest absolute Gasteiger partial charge is 0.434 e. The number of rotatable bonds is 7. The van der Waals surface area contributed by atoms with Crippen LogP contribution in [0.2, 0.25) is 0 Å². The third-order valence-corrected chi connectivity index (χ3v) is 2.42. The third kappa shape index (κ3) is 6.61. The zero-order chi connectivity index (χ0) is 12.3. The largest absolute Gasteiger partial charge is 0.508 e. The molecule has 0 atom stereocenters. The van der Waals surface area contributed by atoms with Crippen LogP contribution in [0.3, 0.4) is 0 Å². The standard InChI is InChI=1S/C14H20O3/c1-2-3-7-11-16-14(15)17-12-10-13-8-5-4-6-9-13/h4-6,8-9H,2-3,7,10-12H2,1H3. The summed E-state index contributed by atoms with van der Waals surface area (Å²) in [6.07, 6.45) is 3.27. The van der Waals surface area contributed by atoms with Gasteiger partial charge < -0.3 is 9.47 Å². The number of carbonyl (C=O) groups is 1. The minimum atomic E-state index is -0.558. The van der Waals surface area contributed by atoms with Crippen LogP contribution in [0.1, 0.15) is 31.7 Å². The monoisotopic (exact) mass is 236 g/mol. The Hall–Kier alpha value is -1.51. The molecule has 0 saturated carbocycles. The highest BCUT2D eigenvalue weighted by molar-refractivity contribution is 5.59. The van der Waals surface area contributed by atoms with E-state index in [2.05, 4.69) is 6.92 Å². The van der Waals surface area contributed by atoms with Crippen molar-refractivity contribution in [2.24, 2.45) is 0 Å². The molecule has 0 saturated heterocycles. The van der Waals surface area contributed by atoms with E-state index in [1.54, 1.807) is 0 Å². The van der Waals surface area contributed by atoms with Crippen molar-refractivity contribution in [1.82, 2.24) is 0 Å². The van der Waals surface area contributed by atoms with Crippen molar-refractivity contribution < 1.29 is 14.3 Å². The maximum absolute atomic E-state index is 11.2. The Balaban J connectivity index is 2.04. The lowest BCUT2D eigenvalue weighted by Gasteiger charge is -2.05. The highest BCUT2D eigenvalue weighted by Gasteiger charge is 2.02. The van der Waals surface area contributed by atoms with E-state index in [1.165, 1.54) is 0 Å². The van der Waals surface area contributed by atoms with Crippen LogP contribution in [0.25, 0.3) is 0 Å². The lowest BCUT2D eigenvalue weighted by atomic mass is 10.2. The van der Waals surface area contributed by atoms with E-state index < -0.39 is 6.16 Å². The summed E-state index contributed by atoms with van der Waals surface area (Å²) in [7, 11) is 0. The fraction of sp³-hybridized carbons (Fsp3) is 0.500. The SMILES string of the molecule is CCCCCOC(=O)OCCc1ccccc1. The van der Waals surface area contributed by atoms with Gasteiger partial charge in [0.15, 0.2) is 0 Å². The van der Waals surface area contributed by atoms with Crippen molar-refractivity contribution in [2.75, 3.05) is 13.2 Å². The molecule has 17 heavy (non-hydrogen) atoms. The number of ether oxygens (including phenoxy) is 2. The lowest BCUT2D eigenvalue weighted by Crippen LogP contribution is -2.10. The number of carbonyl (C=O) groups excluding carboxylic acids is 1. The van der Waals surface area contributed by atoms with Gasteiger partial charge in [-0.25, -0.2) is 4.79 Å². The predicted molar refractivity (Wildman–Crippen MR) is 67.0 cm³/mol. The molecule has 0 aromatic heterocycles. The van der Waals surface area contributed by atoms with Gasteiger partial charge in [-0.1, -0.05) is 50.1 Å². The third-order valence-electron chi connectivity index (χ3n) is 2.42. The summed E-state index contributed by atoms with van der Waals surface area (Å²) in [6, 6.07) is 9.93. The fourth-order valence-corrected chi connectivity index (χ4v) is 1.45. The van der Waals surface area contributed by atoms with Gasteiger partial charge in [0.25, 0.3) is 0 Å². The van der Waals surface area contributed by atoms with Crippen LogP contribution in [-0.2, 0) is 15.9 Å². The summed E-state index contributed by atoms with van der Waals surface area (Å²) < 4.78 is 9.89. The molecular weight excluding hydrogens is 216 g/mol. The van der Waals surface area contributed by atoms with Crippen molar-refractivity contribution in [2.45, 2.75) is 32.6 Å². The molecule has 0 fully saturated rings. The van der Waals surface area contributed by atoms with Gasteiger partial charge in [-0.05, 0) is 12.0 Å². The molecular formula is C14H20O3. The van der Waals surface area contributed by atoms with Crippen molar-refractivity contribution in [3.05, 3.63) is 35.9 Å². The van der Waals surface area contributed by atoms with E-state index in [9.17, 15) is 4.79 Å². The second-order valence-electron chi connectivity index (χ2n) is 3.89. The second kappa shape index (κ2) is 8.62. The highest BCUT2D eigenvalue weighted by atomic mass is 16.7. The second-order valence-corrected chi connectivity index (χ2v) is 3.89. The number of hydrogen-bond donors (Lipinski definition) is 0. The molecule has 94 valence electrons. The predicted octanol–water partition coefficient (Wildman–Crippen LogP) is 3.57. The van der Waals surface area contributed by atoms with Crippen molar-refractivity contribution in [1.29, 1.82) is 0 Å². The molecule has 0 aliphatic rings. The van der Waals surface area contributed by atoms with Crippen molar-refractivity contribution in [3.8, 4) is 0 Å². The van der Waals surface area contributed by atoms with Gasteiger partial charge in [-0.15, -0.1) is 0 Å². The first-order valence-electron chi connectivity index (χ1n) is 6.16. The maximum Gasteiger partial charge on any atom is 0.508 e. The minimum Gasteiger partial charge on any atom is -0.434 e. The maximum atomic E-state index is 11.2. The molecule has 0 heterocycles. The molecule has 3 nitrogen and oxygen atoms in total. The summed E-state index contributed by atoms with van der Waals surface area (Å²) in [5.41, 5.74) is 1.16. The minimum absolute atomic E-state index is 0.372. The van der Waals surface area contributed by atoms with E-state index in [-0.39, 0.29) is 0 Å². The molecule has 0 aliphatic heterocycles. The highest BCUT2D eigenvalue weighted by Crippen LogP contribution is 2.00. The quantitative estimate of drug-likeness (QED) is 0.536. The Morgan fingerprint density at radius 2 is 1.76 bits per heavy atom. The van der Waals surface area contributed by atoms with Crippen LogP contribution in [0.4, 0.5) is 4.79 Å². The summed E-state index contributed by atoms with van der Waals surface area (Å²) in [4.78, 5) is 11.2. The van der Waals surface area contributed by atoms with Gasteiger partial charge in [0.05, 0.1) is 13.2 Å². The number of hydrogen-bond acceptors (Lipinski definition) is 3. The lowest BCUT2D eigenvalue weighted by molar-refractivity contribution is 0.0549. The van der Waals surface area contributed by atoms with Crippen LogP contribution < -0.4 is 0 Å². The number of benzene rings is 1.